The standard InChI is InChI=1S/C16H8N2O3S/c17-9-11-6-8-14(22-11)16(19)13-7-5-10-3-1-2-4-12(10)15(13)18(20)21/h1-8H. The van der Waals surface area contributed by atoms with Gasteiger partial charge in [0.1, 0.15) is 16.5 Å². The number of benzene rings is 2. The lowest BCUT2D eigenvalue weighted by atomic mass is 10.0. The van der Waals surface area contributed by atoms with Gasteiger partial charge in [-0.15, -0.1) is 11.3 Å². The minimum atomic E-state index is -0.533. The van der Waals surface area contributed by atoms with Gasteiger partial charge in [0.05, 0.1) is 15.2 Å². The number of nitro groups is 1. The molecular formula is C16H8N2O3S. The van der Waals surface area contributed by atoms with Crippen LogP contribution in [0.25, 0.3) is 10.8 Å². The van der Waals surface area contributed by atoms with Crippen LogP contribution in [0.4, 0.5) is 5.69 Å². The van der Waals surface area contributed by atoms with E-state index in [0.29, 0.717) is 20.5 Å². The zero-order valence-corrected chi connectivity index (χ0v) is 12.0. The normalized spacial score (nSPS) is 10.3. The Labute approximate surface area is 129 Å². The number of nitriles is 1. The Morgan fingerprint density at radius 2 is 1.91 bits per heavy atom. The lowest BCUT2D eigenvalue weighted by Crippen LogP contribution is -2.04. The first-order chi connectivity index (χ1) is 10.6. The molecule has 0 aliphatic carbocycles. The average Bonchev–Trinajstić information content (AvgIpc) is 3.02. The molecule has 0 radical (unpaired) electrons. The van der Waals surface area contributed by atoms with E-state index in [9.17, 15) is 14.9 Å². The number of carbonyl (C=O) groups is 1. The van der Waals surface area contributed by atoms with Crippen LogP contribution in [0.2, 0.25) is 0 Å². The molecule has 3 aromatic rings. The van der Waals surface area contributed by atoms with Crippen molar-refractivity contribution in [2.75, 3.05) is 0 Å². The van der Waals surface area contributed by atoms with Gasteiger partial charge in [0.2, 0.25) is 5.78 Å². The lowest BCUT2D eigenvalue weighted by molar-refractivity contribution is -0.383. The summed E-state index contributed by atoms with van der Waals surface area (Å²) >= 11 is 1.03. The fraction of sp³-hybridized carbons (Fsp3) is 0. The molecule has 0 N–H and O–H groups in total. The van der Waals surface area contributed by atoms with Crippen LogP contribution >= 0.6 is 11.3 Å². The molecule has 0 saturated carbocycles. The third-order valence-corrected chi connectivity index (χ3v) is 4.26. The Bertz CT molecular complexity index is 953. The van der Waals surface area contributed by atoms with Gasteiger partial charge in [0.15, 0.2) is 0 Å². The predicted molar refractivity (Wildman–Crippen MR) is 83.1 cm³/mol. The number of rotatable bonds is 3. The van der Waals surface area contributed by atoms with E-state index in [1.54, 1.807) is 30.3 Å². The molecule has 0 fully saturated rings. The van der Waals surface area contributed by atoms with E-state index in [1.807, 2.05) is 6.07 Å². The lowest BCUT2D eigenvalue weighted by Gasteiger charge is -2.04. The largest absolute Gasteiger partial charge is 0.288 e. The molecule has 0 aliphatic heterocycles. The summed E-state index contributed by atoms with van der Waals surface area (Å²) in [6.07, 6.45) is 0. The van der Waals surface area contributed by atoms with E-state index in [2.05, 4.69) is 0 Å². The highest BCUT2D eigenvalue weighted by molar-refractivity contribution is 7.14. The second-order valence-electron chi connectivity index (χ2n) is 4.54. The topological polar surface area (TPSA) is 84.0 Å². The second-order valence-corrected chi connectivity index (χ2v) is 5.63. The van der Waals surface area contributed by atoms with Gasteiger partial charge in [-0.2, -0.15) is 5.26 Å². The van der Waals surface area contributed by atoms with Gasteiger partial charge in [-0.3, -0.25) is 14.9 Å². The van der Waals surface area contributed by atoms with Crippen molar-refractivity contribution < 1.29 is 9.72 Å². The smallest absolute Gasteiger partial charge is 0.287 e. The minimum absolute atomic E-state index is 0.0371. The molecule has 0 amide bonds. The van der Waals surface area contributed by atoms with Crippen LogP contribution < -0.4 is 0 Å². The zero-order chi connectivity index (χ0) is 15.7. The summed E-state index contributed by atoms with van der Waals surface area (Å²) in [5, 5.41) is 21.4. The van der Waals surface area contributed by atoms with Crippen molar-refractivity contribution in [1.82, 2.24) is 0 Å². The summed E-state index contributed by atoms with van der Waals surface area (Å²) in [6.45, 7) is 0. The molecule has 106 valence electrons. The molecule has 1 heterocycles. The van der Waals surface area contributed by atoms with Crippen LogP contribution in [0.15, 0.2) is 48.5 Å². The summed E-state index contributed by atoms with van der Waals surface area (Å²) < 4.78 is 0. The monoisotopic (exact) mass is 308 g/mol. The number of hydrogen-bond donors (Lipinski definition) is 0. The summed E-state index contributed by atoms with van der Waals surface area (Å²) in [5.74, 6) is -0.441. The third kappa shape index (κ3) is 2.24. The highest BCUT2D eigenvalue weighted by Crippen LogP contribution is 2.32. The van der Waals surface area contributed by atoms with Crippen molar-refractivity contribution in [3.05, 3.63) is 74.0 Å². The van der Waals surface area contributed by atoms with Crippen molar-refractivity contribution in [1.29, 1.82) is 5.26 Å². The maximum absolute atomic E-state index is 12.5. The number of nitrogens with zero attached hydrogens (tertiary/aromatic N) is 2. The molecule has 0 aliphatic rings. The summed E-state index contributed by atoms with van der Waals surface area (Å²) in [7, 11) is 0. The molecule has 0 spiro atoms. The van der Waals surface area contributed by atoms with Crippen LogP contribution in [-0.2, 0) is 0 Å². The van der Waals surface area contributed by atoms with E-state index in [-0.39, 0.29) is 11.3 Å². The molecule has 0 atom stereocenters. The molecule has 0 saturated heterocycles. The molecule has 1 aromatic heterocycles. The van der Waals surface area contributed by atoms with Gasteiger partial charge in [0.25, 0.3) is 5.69 Å². The van der Waals surface area contributed by atoms with E-state index in [4.69, 9.17) is 5.26 Å². The Balaban J connectivity index is 2.22. The highest BCUT2D eigenvalue weighted by atomic mass is 32.1. The van der Waals surface area contributed by atoms with Crippen molar-refractivity contribution in [2.24, 2.45) is 0 Å². The van der Waals surface area contributed by atoms with E-state index in [1.165, 1.54) is 18.2 Å². The van der Waals surface area contributed by atoms with Gasteiger partial charge in [0, 0.05) is 0 Å². The molecule has 0 bridgehead atoms. The Morgan fingerprint density at radius 1 is 1.14 bits per heavy atom. The summed E-state index contributed by atoms with van der Waals surface area (Å²) in [4.78, 5) is 24.2. The molecule has 2 aromatic carbocycles. The second kappa shape index (κ2) is 5.39. The molecular weight excluding hydrogens is 300 g/mol. The molecule has 5 nitrogen and oxygen atoms in total. The number of carbonyl (C=O) groups excluding carboxylic acids is 1. The van der Waals surface area contributed by atoms with Crippen molar-refractivity contribution >= 4 is 33.6 Å². The summed E-state index contributed by atoms with van der Waals surface area (Å²) in [6, 6.07) is 15.0. The number of fused-ring (bicyclic) bond motifs is 1. The molecule has 6 heteroatoms. The van der Waals surface area contributed by atoms with Crippen LogP contribution in [-0.4, -0.2) is 10.7 Å². The molecule has 22 heavy (non-hydrogen) atoms. The van der Waals surface area contributed by atoms with Gasteiger partial charge in [-0.05, 0) is 29.7 Å². The van der Waals surface area contributed by atoms with Crippen LogP contribution in [0, 0.1) is 21.4 Å². The van der Waals surface area contributed by atoms with Gasteiger partial charge < -0.3 is 0 Å². The van der Waals surface area contributed by atoms with Gasteiger partial charge in [-0.1, -0.05) is 24.3 Å². The first kappa shape index (κ1) is 13.9. The molecule has 3 rings (SSSR count). The first-order valence-electron chi connectivity index (χ1n) is 6.32. The number of hydrogen-bond acceptors (Lipinski definition) is 5. The summed E-state index contributed by atoms with van der Waals surface area (Å²) in [5.41, 5.74) is -0.162. The Kier molecular flexibility index (Phi) is 3.41. The zero-order valence-electron chi connectivity index (χ0n) is 11.1. The quantitative estimate of drug-likeness (QED) is 0.417. The highest BCUT2D eigenvalue weighted by Gasteiger charge is 2.25. The average molecular weight is 308 g/mol. The van der Waals surface area contributed by atoms with Crippen molar-refractivity contribution in [2.45, 2.75) is 0 Å². The Hall–Kier alpha value is -3.04. The maximum atomic E-state index is 12.5. The Morgan fingerprint density at radius 3 is 2.59 bits per heavy atom. The fourth-order valence-electron chi connectivity index (χ4n) is 2.29. The van der Waals surface area contributed by atoms with E-state index < -0.39 is 10.7 Å². The third-order valence-electron chi connectivity index (χ3n) is 3.27. The van der Waals surface area contributed by atoms with E-state index >= 15 is 0 Å². The number of nitro benzene ring substituents is 1. The maximum Gasteiger partial charge on any atom is 0.288 e. The van der Waals surface area contributed by atoms with Crippen LogP contribution in [0.1, 0.15) is 20.1 Å². The van der Waals surface area contributed by atoms with Crippen molar-refractivity contribution in [3.63, 3.8) is 0 Å². The number of thiophene rings is 1. The number of ketones is 1. The fourth-order valence-corrected chi connectivity index (χ4v) is 3.05. The minimum Gasteiger partial charge on any atom is -0.287 e. The van der Waals surface area contributed by atoms with Gasteiger partial charge >= 0.3 is 0 Å². The van der Waals surface area contributed by atoms with E-state index in [0.717, 1.165) is 11.3 Å². The first-order valence-corrected chi connectivity index (χ1v) is 7.14. The van der Waals surface area contributed by atoms with Crippen LogP contribution in [0.5, 0.6) is 0 Å². The van der Waals surface area contributed by atoms with Crippen molar-refractivity contribution in [3.8, 4) is 6.07 Å². The van der Waals surface area contributed by atoms with Gasteiger partial charge in [-0.25, -0.2) is 0 Å². The SMILES string of the molecule is N#Cc1ccc(C(=O)c2ccc3ccccc3c2[N+](=O)[O-])s1. The molecule has 0 unspecified atom stereocenters. The van der Waals surface area contributed by atoms with Crippen LogP contribution in [0.3, 0.4) is 0 Å². The predicted octanol–water partition coefficient (Wildman–Crippen LogP) is 3.91.